The Morgan fingerprint density at radius 2 is 1.95 bits per heavy atom. The summed E-state index contributed by atoms with van der Waals surface area (Å²) >= 11 is 0. The van der Waals surface area contributed by atoms with E-state index in [4.69, 9.17) is 0 Å². The molecule has 0 saturated carbocycles. The fourth-order valence-corrected chi connectivity index (χ4v) is 2.87. The van der Waals surface area contributed by atoms with Crippen LogP contribution in [0.1, 0.15) is 32.3 Å². The maximum Gasteiger partial charge on any atom is 0.217 e. The van der Waals surface area contributed by atoms with Gasteiger partial charge in [0.15, 0.2) is 0 Å². The number of amides is 1. The third kappa shape index (κ3) is 4.23. The Labute approximate surface area is 120 Å². The maximum absolute atomic E-state index is 11.1. The van der Waals surface area contributed by atoms with Crippen LogP contribution in [0.15, 0.2) is 24.3 Å². The number of hydrogen-bond donors (Lipinski definition) is 2. The van der Waals surface area contributed by atoms with Crippen molar-refractivity contribution >= 4 is 5.91 Å². The van der Waals surface area contributed by atoms with Crippen LogP contribution in [-0.2, 0) is 11.2 Å². The minimum absolute atomic E-state index is 0.0700. The normalized spacial score (nSPS) is 18.7. The molecule has 2 rings (SSSR count). The van der Waals surface area contributed by atoms with Gasteiger partial charge in [-0.2, -0.15) is 0 Å². The van der Waals surface area contributed by atoms with E-state index in [0.717, 1.165) is 32.4 Å². The van der Waals surface area contributed by atoms with Crippen LogP contribution in [0.2, 0.25) is 0 Å². The third-order valence-electron chi connectivity index (χ3n) is 4.03. The second kappa shape index (κ2) is 6.75. The van der Waals surface area contributed by atoms with E-state index in [1.807, 2.05) is 12.1 Å². The Morgan fingerprint density at radius 1 is 1.35 bits per heavy atom. The Hall–Kier alpha value is -1.55. The van der Waals surface area contributed by atoms with Gasteiger partial charge in [0.2, 0.25) is 5.91 Å². The highest BCUT2D eigenvalue weighted by Gasteiger charge is 2.23. The lowest BCUT2D eigenvalue weighted by molar-refractivity contribution is -0.120. The molecule has 0 spiro atoms. The molecule has 1 unspecified atom stereocenters. The maximum atomic E-state index is 11.1. The SMILES string of the molecule is CC(=O)NC1CCN(C(C)Cc2ccc(O)cc2)CC1. The first-order valence-electron chi connectivity index (χ1n) is 7.33. The minimum atomic E-state index is 0.0700. The second-order valence-corrected chi connectivity index (χ2v) is 5.73. The molecule has 110 valence electrons. The first kappa shape index (κ1) is 14.9. The van der Waals surface area contributed by atoms with Gasteiger partial charge < -0.3 is 15.3 Å². The van der Waals surface area contributed by atoms with E-state index in [1.54, 1.807) is 19.1 Å². The number of benzene rings is 1. The monoisotopic (exact) mass is 276 g/mol. The molecular formula is C16H24N2O2. The molecular weight excluding hydrogens is 252 g/mol. The Bertz CT molecular complexity index is 436. The van der Waals surface area contributed by atoms with E-state index in [9.17, 15) is 9.90 Å². The van der Waals surface area contributed by atoms with Crippen molar-refractivity contribution in [2.45, 2.75) is 45.2 Å². The van der Waals surface area contributed by atoms with Crippen molar-refractivity contribution in [2.75, 3.05) is 13.1 Å². The van der Waals surface area contributed by atoms with Gasteiger partial charge in [-0.25, -0.2) is 0 Å². The summed E-state index contributed by atoms with van der Waals surface area (Å²) in [5, 5.41) is 12.3. The van der Waals surface area contributed by atoms with Crippen LogP contribution in [-0.4, -0.2) is 41.1 Å². The Morgan fingerprint density at radius 3 is 2.50 bits per heavy atom. The number of phenols is 1. The molecule has 1 aromatic carbocycles. The van der Waals surface area contributed by atoms with Gasteiger partial charge in [0.25, 0.3) is 0 Å². The number of aromatic hydroxyl groups is 1. The molecule has 2 N–H and O–H groups in total. The zero-order chi connectivity index (χ0) is 14.5. The molecule has 0 bridgehead atoms. The number of nitrogens with one attached hydrogen (secondary N) is 1. The number of carbonyl (C=O) groups is 1. The van der Waals surface area contributed by atoms with E-state index in [1.165, 1.54) is 5.56 Å². The lowest BCUT2D eigenvalue weighted by Gasteiger charge is -2.36. The molecule has 20 heavy (non-hydrogen) atoms. The molecule has 0 aliphatic carbocycles. The average molecular weight is 276 g/mol. The average Bonchev–Trinajstić information content (AvgIpc) is 2.41. The van der Waals surface area contributed by atoms with Crippen molar-refractivity contribution in [3.05, 3.63) is 29.8 Å². The molecule has 1 fully saturated rings. The van der Waals surface area contributed by atoms with Crippen molar-refractivity contribution in [1.29, 1.82) is 0 Å². The molecule has 0 radical (unpaired) electrons. The van der Waals surface area contributed by atoms with E-state index in [-0.39, 0.29) is 5.91 Å². The van der Waals surface area contributed by atoms with Gasteiger partial charge in [0, 0.05) is 32.1 Å². The summed E-state index contributed by atoms with van der Waals surface area (Å²) in [4.78, 5) is 13.5. The summed E-state index contributed by atoms with van der Waals surface area (Å²) in [6, 6.07) is 8.27. The fraction of sp³-hybridized carbons (Fsp3) is 0.562. The number of nitrogens with zero attached hydrogens (tertiary/aromatic N) is 1. The predicted molar refractivity (Wildman–Crippen MR) is 79.7 cm³/mol. The molecule has 4 heteroatoms. The standard InChI is InChI=1S/C16H24N2O2/c1-12(11-14-3-5-16(20)6-4-14)18-9-7-15(8-10-18)17-13(2)19/h3-6,12,15,20H,7-11H2,1-2H3,(H,17,19). The van der Waals surface area contributed by atoms with Crippen molar-refractivity contribution in [1.82, 2.24) is 10.2 Å². The number of carbonyl (C=O) groups excluding carboxylic acids is 1. The fourth-order valence-electron chi connectivity index (χ4n) is 2.87. The summed E-state index contributed by atoms with van der Waals surface area (Å²) in [5.41, 5.74) is 1.25. The zero-order valence-corrected chi connectivity index (χ0v) is 12.3. The van der Waals surface area contributed by atoms with Crippen molar-refractivity contribution < 1.29 is 9.90 Å². The molecule has 0 aromatic heterocycles. The van der Waals surface area contributed by atoms with Crippen molar-refractivity contribution in [2.24, 2.45) is 0 Å². The second-order valence-electron chi connectivity index (χ2n) is 5.73. The largest absolute Gasteiger partial charge is 0.508 e. The lowest BCUT2D eigenvalue weighted by Crippen LogP contribution is -2.47. The van der Waals surface area contributed by atoms with Gasteiger partial charge in [-0.1, -0.05) is 12.1 Å². The molecule has 1 heterocycles. The van der Waals surface area contributed by atoms with E-state index < -0.39 is 0 Å². The van der Waals surface area contributed by atoms with Crippen LogP contribution in [0.5, 0.6) is 5.75 Å². The molecule has 1 atom stereocenters. The van der Waals surface area contributed by atoms with Crippen molar-refractivity contribution in [3.8, 4) is 5.75 Å². The van der Waals surface area contributed by atoms with Crippen LogP contribution in [0.25, 0.3) is 0 Å². The smallest absolute Gasteiger partial charge is 0.217 e. The zero-order valence-electron chi connectivity index (χ0n) is 12.3. The summed E-state index contributed by atoms with van der Waals surface area (Å²) < 4.78 is 0. The molecule has 1 aromatic rings. The van der Waals surface area contributed by atoms with Crippen molar-refractivity contribution in [3.63, 3.8) is 0 Å². The van der Waals surface area contributed by atoms with Gasteiger partial charge in [0.05, 0.1) is 0 Å². The number of rotatable bonds is 4. The molecule has 1 amide bonds. The van der Waals surface area contributed by atoms with Gasteiger partial charge in [-0.3, -0.25) is 4.79 Å². The van der Waals surface area contributed by atoms with Gasteiger partial charge in [-0.05, 0) is 43.9 Å². The number of likely N-dealkylation sites (tertiary alicyclic amines) is 1. The topological polar surface area (TPSA) is 52.6 Å². The summed E-state index contributed by atoms with van der Waals surface area (Å²) in [5.74, 6) is 0.387. The first-order chi connectivity index (χ1) is 9.54. The van der Waals surface area contributed by atoms with E-state index in [2.05, 4.69) is 17.1 Å². The van der Waals surface area contributed by atoms with E-state index in [0.29, 0.717) is 17.8 Å². The highest BCUT2D eigenvalue weighted by molar-refractivity contribution is 5.73. The summed E-state index contributed by atoms with van der Waals surface area (Å²) in [7, 11) is 0. The summed E-state index contributed by atoms with van der Waals surface area (Å²) in [6.45, 7) is 5.89. The number of phenolic OH excluding ortho intramolecular Hbond substituents is 1. The third-order valence-corrected chi connectivity index (χ3v) is 4.03. The highest BCUT2D eigenvalue weighted by atomic mass is 16.3. The Balaban J connectivity index is 1.81. The van der Waals surface area contributed by atoms with Crippen LogP contribution < -0.4 is 5.32 Å². The first-order valence-corrected chi connectivity index (χ1v) is 7.33. The number of hydrogen-bond acceptors (Lipinski definition) is 3. The number of piperidine rings is 1. The minimum Gasteiger partial charge on any atom is -0.508 e. The van der Waals surface area contributed by atoms with Crippen LogP contribution in [0.3, 0.4) is 0 Å². The van der Waals surface area contributed by atoms with Gasteiger partial charge in [0.1, 0.15) is 5.75 Å². The molecule has 1 aliphatic heterocycles. The molecule has 4 nitrogen and oxygen atoms in total. The van der Waals surface area contributed by atoms with Crippen LogP contribution >= 0.6 is 0 Å². The predicted octanol–water partition coefficient (Wildman–Crippen LogP) is 1.92. The van der Waals surface area contributed by atoms with Gasteiger partial charge >= 0.3 is 0 Å². The lowest BCUT2D eigenvalue weighted by atomic mass is 10.00. The molecule has 1 aliphatic rings. The Kier molecular flexibility index (Phi) is 5.01. The summed E-state index contributed by atoms with van der Waals surface area (Å²) in [6.07, 6.45) is 3.05. The molecule has 1 saturated heterocycles. The van der Waals surface area contributed by atoms with E-state index >= 15 is 0 Å². The van der Waals surface area contributed by atoms with Gasteiger partial charge in [-0.15, -0.1) is 0 Å². The highest BCUT2D eigenvalue weighted by Crippen LogP contribution is 2.17. The van der Waals surface area contributed by atoms with Crippen LogP contribution in [0.4, 0.5) is 0 Å². The quantitative estimate of drug-likeness (QED) is 0.883. The van der Waals surface area contributed by atoms with Crippen LogP contribution in [0, 0.1) is 0 Å².